The summed E-state index contributed by atoms with van der Waals surface area (Å²) in [6.07, 6.45) is 0. The molecule has 0 unspecified atom stereocenters. The fraction of sp³-hybridized carbons (Fsp3) is 0.500. The molecule has 0 aliphatic rings. The van der Waals surface area contributed by atoms with Gasteiger partial charge in [-0.15, -0.1) is 0 Å². The minimum atomic E-state index is 0.490. The summed E-state index contributed by atoms with van der Waals surface area (Å²) < 4.78 is 0. The van der Waals surface area contributed by atoms with Gasteiger partial charge >= 0.3 is 0 Å². The summed E-state index contributed by atoms with van der Waals surface area (Å²) >= 11 is 5.60. The first-order chi connectivity index (χ1) is 4.22. The first-order valence-electron chi connectivity index (χ1n) is 2.69. The molecule has 1 N–H and O–H groups in total. The van der Waals surface area contributed by atoms with Crippen molar-refractivity contribution in [2.24, 2.45) is 4.99 Å². The van der Waals surface area contributed by atoms with E-state index in [2.05, 4.69) is 17.0 Å². The predicted octanol–water partition coefficient (Wildman–Crippen LogP) is 1.38. The number of hydrogen-bond acceptors (Lipinski definition) is 2. The Balaban J connectivity index is 3.93. The molecule has 0 aromatic rings. The van der Waals surface area contributed by atoms with Crippen LogP contribution in [-0.2, 0) is 0 Å². The third-order valence-corrected chi connectivity index (χ3v) is 1.38. The van der Waals surface area contributed by atoms with Gasteiger partial charge in [0.15, 0.2) is 0 Å². The third-order valence-electron chi connectivity index (χ3n) is 0.933. The van der Waals surface area contributed by atoms with E-state index in [4.69, 9.17) is 11.6 Å². The zero-order valence-corrected chi connectivity index (χ0v) is 6.50. The van der Waals surface area contributed by atoms with E-state index in [0.717, 1.165) is 12.1 Å². The molecular formula is C6H11ClN2. The van der Waals surface area contributed by atoms with E-state index < -0.39 is 0 Å². The Bertz CT molecular complexity index is 129. The molecule has 0 saturated heterocycles. The van der Waals surface area contributed by atoms with Gasteiger partial charge in [0.2, 0.25) is 0 Å². The van der Waals surface area contributed by atoms with Crippen molar-refractivity contribution >= 4 is 18.3 Å². The molecule has 0 heterocycles. The lowest BCUT2D eigenvalue weighted by Crippen LogP contribution is -2.09. The first-order valence-corrected chi connectivity index (χ1v) is 3.06. The normalized spacial score (nSPS) is 12.8. The number of aliphatic imine (C=N–C) groups is 1. The van der Waals surface area contributed by atoms with Crippen molar-refractivity contribution in [2.45, 2.75) is 6.92 Å². The van der Waals surface area contributed by atoms with Gasteiger partial charge in [-0.05, 0) is 26.3 Å². The number of nitrogens with one attached hydrogen (secondary N) is 1. The Hall–Kier alpha value is -0.340. The van der Waals surface area contributed by atoms with E-state index in [9.17, 15) is 0 Å². The van der Waals surface area contributed by atoms with E-state index in [1.165, 1.54) is 0 Å². The molecule has 9 heavy (non-hydrogen) atoms. The molecule has 0 aromatic heterocycles. The number of likely N-dealkylation sites (N-methyl/N-ethyl adjacent to an activating group) is 1. The van der Waals surface area contributed by atoms with Crippen molar-refractivity contribution in [1.29, 1.82) is 0 Å². The fourth-order valence-corrected chi connectivity index (χ4v) is 0.540. The molecule has 3 heteroatoms. The molecule has 0 saturated carbocycles. The number of halogens is 1. The Morgan fingerprint density at radius 1 is 1.78 bits per heavy atom. The van der Waals surface area contributed by atoms with Gasteiger partial charge in [0.25, 0.3) is 0 Å². The molecule has 0 fully saturated rings. The zero-order chi connectivity index (χ0) is 7.28. The van der Waals surface area contributed by atoms with Crippen LogP contribution in [0.4, 0.5) is 0 Å². The van der Waals surface area contributed by atoms with E-state index in [0.29, 0.717) is 5.16 Å². The highest BCUT2D eigenvalue weighted by Gasteiger charge is 1.92. The average Bonchev–Trinajstić information content (AvgIpc) is 1.87. The quantitative estimate of drug-likeness (QED) is 0.472. The first kappa shape index (κ1) is 8.66. The van der Waals surface area contributed by atoms with Crippen LogP contribution in [0.2, 0.25) is 0 Å². The highest BCUT2D eigenvalue weighted by Crippen LogP contribution is 2.07. The molecule has 0 bridgehead atoms. The number of hydrogen-bond donors (Lipinski definition) is 1. The summed E-state index contributed by atoms with van der Waals surface area (Å²) in [4.78, 5) is 3.56. The van der Waals surface area contributed by atoms with Crippen molar-refractivity contribution in [2.75, 3.05) is 13.6 Å². The highest BCUT2D eigenvalue weighted by atomic mass is 35.5. The van der Waals surface area contributed by atoms with Gasteiger partial charge in [0.05, 0.1) is 0 Å². The minimum Gasteiger partial charge on any atom is -0.316 e. The fourth-order valence-electron chi connectivity index (χ4n) is 0.473. The molecule has 0 amide bonds. The Labute approximate surface area is 60.6 Å². The van der Waals surface area contributed by atoms with Crippen LogP contribution in [0.25, 0.3) is 0 Å². The van der Waals surface area contributed by atoms with E-state index in [1.54, 1.807) is 0 Å². The number of rotatable bonds is 3. The maximum atomic E-state index is 5.60. The summed E-state index contributed by atoms with van der Waals surface area (Å²) in [5.41, 5.74) is 1.01. The van der Waals surface area contributed by atoms with Gasteiger partial charge in [0, 0.05) is 6.54 Å². The van der Waals surface area contributed by atoms with E-state index in [-0.39, 0.29) is 0 Å². The molecule has 0 aliphatic heterocycles. The molecule has 0 radical (unpaired) electrons. The highest BCUT2D eigenvalue weighted by molar-refractivity contribution is 6.29. The van der Waals surface area contributed by atoms with Crippen LogP contribution in [-0.4, -0.2) is 20.3 Å². The van der Waals surface area contributed by atoms with Crippen molar-refractivity contribution < 1.29 is 0 Å². The maximum absolute atomic E-state index is 5.60. The molecule has 0 aliphatic carbocycles. The van der Waals surface area contributed by atoms with Gasteiger partial charge in [-0.25, -0.2) is 0 Å². The molecule has 0 aromatic carbocycles. The maximum Gasteiger partial charge on any atom is 0.128 e. The van der Waals surface area contributed by atoms with Crippen LogP contribution in [0.3, 0.4) is 0 Å². The van der Waals surface area contributed by atoms with Gasteiger partial charge in [-0.3, -0.25) is 4.99 Å². The largest absolute Gasteiger partial charge is 0.316 e. The summed E-state index contributed by atoms with van der Waals surface area (Å²) in [6.45, 7) is 5.97. The second-order valence-electron chi connectivity index (χ2n) is 1.76. The van der Waals surface area contributed by atoms with Crippen LogP contribution in [0.1, 0.15) is 6.92 Å². The van der Waals surface area contributed by atoms with Crippen molar-refractivity contribution in [3.63, 3.8) is 0 Å². The van der Waals surface area contributed by atoms with Crippen molar-refractivity contribution in [1.82, 2.24) is 5.32 Å². The van der Waals surface area contributed by atoms with Crippen LogP contribution in [0.5, 0.6) is 0 Å². The molecule has 0 rings (SSSR count). The second-order valence-corrected chi connectivity index (χ2v) is 2.12. The second kappa shape index (κ2) is 4.53. The van der Waals surface area contributed by atoms with Crippen LogP contribution < -0.4 is 5.32 Å². The van der Waals surface area contributed by atoms with Crippen LogP contribution >= 0.6 is 11.6 Å². The average molecular weight is 147 g/mol. The van der Waals surface area contributed by atoms with Gasteiger partial charge < -0.3 is 5.32 Å². The Morgan fingerprint density at radius 3 is 2.67 bits per heavy atom. The lowest BCUT2D eigenvalue weighted by molar-refractivity contribution is 0.875. The van der Waals surface area contributed by atoms with E-state index in [1.807, 2.05) is 14.0 Å². The lowest BCUT2D eigenvalue weighted by Gasteiger charge is -1.98. The Morgan fingerprint density at radius 2 is 2.33 bits per heavy atom. The predicted molar refractivity (Wildman–Crippen MR) is 42.0 cm³/mol. The van der Waals surface area contributed by atoms with Crippen LogP contribution in [0.15, 0.2) is 15.7 Å². The van der Waals surface area contributed by atoms with Gasteiger partial charge in [-0.1, -0.05) is 11.6 Å². The molecule has 0 atom stereocenters. The summed E-state index contributed by atoms with van der Waals surface area (Å²) in [6, 6.07) is 0. The molecule has 0 spiro atoms. The van der Waals surface area contributed by atoms with E-state index >= 15 is 0 Å². The smallest absolute Gasteiger partial charge is 0.128 e. The van der Waals surface area contributed by atoms with Crippen molar-refractivity contribution in [3.05, 3.63) is 10.7 Å². The van der Waals surface area contributed by atoms with Crippen LogP contribution in [0, 0.1) is 0 Å². The third kappa shape index (κ3) is 3.27. The Kier molecular flexibility index (Phi) is 4.36. The topological polar surface area (TPSA) is 24.4 Å². The number of nitrogens with zero attached hydrogens (tertiary/aromatic N) is 1. The standard InChI is InChI=1S/C6H11ClN2/c1-5(4-8-2)6(7)9-3/h8H,3-4H2,1-2H3. The summed E-state index contributed by atoms with van der Waals surface area (Å²) in [7, 11) is 1.86. The molecule has 2 nitrogen and oxygen atoms in total. The minimum absolute atomic E-state index is 0.490. The molecule has 52 valence electrons. The summed E-state index contributed by atoms with van der Waals surface area (Å²) in [5, 5.41) is 3.44. The van der Waals surface area contributed by atoms with Gasteiger partial charge in [-0.2, -0.15) is 0 Å². The van der Waals surface area contributed by atoms with Crippen molar-refractivity contribution in [3.8, 4) is 0 Å². The molecular weight excluding hydrogens is 136 g/mol. The van der Waals surface area contributed by atoms with Gasteiger partial charge in [0.1, 0.15) is 5.16 Å². The lowest BCUT2D eigenvalue weighted by atomic mass is 10.3. The zero-order valence-electron chi connectivity index (χ0n) is 5.74. The SMILES string of the molecule is C=NC(Cl)=C(C)CNC. The summed E-state index contributed by atoms with van der Waals surface area (Å²) in [5.74, 6) is 0. The monoisotopic (exact) mass is 146 g/mol.